The molecular weight excluding hydrogens is 382 g/mol. The number of anilines is 1. The molecule has 0 saturated carbocycles. The summed E-state index contributed by atoms with van der Waals surface area (Å²) in [6.45, 7) is 0. The standard InChI is InChI=1S/C13H9BrClNO4S/c14-16(11-5-1-3-9(7-11)13(17)18)21(19,20)12-6-2-4-10(15)8-12/h1-8H,(H,17,18). The number of carbonyl (C=O) groups is 1. The maximum atomic E-state index is 12.4. The molecule has 2 rings (SSSR count). The molecule has 0 aliphatic rings. The normalized spacial score (nSPS) is 11.1. The molecule has 0 aromatic heterocycles. The minimum atomic E-state index is -3.88. The highest BCUT2D eigenvalue weighted by Gasteiger charge is 2.24. The van der Waals surface area contributed by atoms with E-state index in [9.17, 15) is 13.2 Å². The largest absolute Gasteiger partial charge is 0.478 e. The van der Waals surface area contributed by atoms with Gasteiger partial charge in [0, 0.05) is 5.02 Å². The number of nitrogens with zero attached hydrogens (tertiary/aromatic N) is 1. The monoisotopic (exact) mass is 389 g/mol. The Kier molecular flexibility index (Phi) is 4.55. The van der Waals surface area contributed by atoms with Crippen LogP contribution in [0, 0.1) is 0 Å². The molecule has 0 atom stereocenters. The number of hydrogen-bond donors (Lipinski definition) is 1. The third-order valence-electron chi connectivity index (χ3n) is 2.60. The van der Waals surface area contributed by atoms with Gasteiger partial charge < -0.3 is 5.11 Å². The van der Waals surface area contributed by atoms with E-state index in [0.29, 0.717) is 0 Å². The molecule has 0 fully saturated rings. The topological polar surface area (TPSA) is 74.7 Å². The first kappa shape index (κ1) is 15.8. The maximum Gasteiger partial charge on any atom is 0.335 e. The van der Waals surface area contributed by atoms with Crippen molar-refractivity contribution in [2.45, 2.75) is 4.90 Å². The van der Waals surface area contributed by atoms with Crippen LogP contribution in [0.3, 0.4) is 0 Å². The molecule has 2 aromatic rings. The average Bonchev–Trinajstić information content (AvgIpc) is 2.46. The van der Waals surface area contributed by atoms with Crippen LogP contribution in [-0.4, -0.2) is 19.5 Å². The fourth-order valence-corrected chi connectivity index (χ4v) is 3.69. The molecule has 2 aromatic carbocycles. The van der Waals surface area contributed by atoms with E-state index in [1.807, 2.05) is 0 Å². The second-order valence-electron chi connectivity index (χ2n) is 4.03. The number of aromatic carboxylic acids is 1. The van der Waals surface area contributed by atoms with Crippen molar-refractivity contribution in [2.75, 3.05) is 3.33 Å². The number of sulfonamides is 1. The fraction of sp³-hybridized carbons (Fsp3) is 0. The zero-order valence-corrected chi connectivity index (χ0v) is 13.6. The molecule has 0 heterocycles. The predicted molar refractivity (Wildman–Crippen MR) is 83.4 cm³/mol. The molecule has 1 N–H and O–H groups in total. The van der Waals surface area contributed by atoms with Crippen LogP contribution in [-0.2, 0) is 10.0 Å². The Morgan fingerprint density at radius 3 is 2.43 bits per heavy atom. The van der Waals surface area contributed by atoms with Crippen molar-refractivity contribution < 1.29 is 18.3 Å². The molecule has 0 amide bonds. The second-order valence-corrected chi connectivity index (χ2v) is 7.43. The molecule has 0 saturated heterocycles. The molecule has 0 aliphatic heterocycles. The highest BCUT2D eigenvalue weighted by Crippen LogP contribution is 2.28. The van der Waals surface area contributed by atoms with Gasteiger partial charge in [0.2, 0.25) is 0 Å². The van der Waals surface area contributed by atoms with Crippen LogP contribution >= 0.6 is 27.7 Å². The Bertz CT molecular complexity index is 794. The summed E-state index contributed by atoms with van der Waals surface area (Å²) in [5.41, 5.74) is 0.160. The summed E-state index contributed by atoms with van der Waals surface area (Å²) >= 11 is 8.75. The van der Waals surface area contributed by atoms with Crippen molar-refractivity contribution in [1.82, 2.24) is 0 Å². The van der Waals surface area contributed by atoms with Crippen LogP contribution in [0.1, 0.15) is 10.4 Å². The molecule has 8 heteroatoms. The van der Waals surface area contributed by atoms with Crippen LogP contribution in [0.25, 0.3) is 0 Å². The molecular formula is C13H9BrClNO4S. The van der Waals surface area contributed by atoms with E-state index in [1.165, 1.54) is 42.5 Å². The predicted octanol–water partition coefficient (Wildman–Crippen LogP) is 3.54. The van der Waals surface area contributed by atoms with Gasteiger partial charge in [-0.1, -0.05) is 23.7 Å². The summed E-state index contributed by atoms with van der Waals surface area (Å²) in [4.78, 5) is 10.9. The van der Waals surface area contributed by atoms with Gasteiger partial charge in [-0.2, -0.15) is 3.33 Å². The van der Waals surface area contributed by atoms with Crippen molar-refractivity contribution in [1.29, 1.82) is 0 Å². The highest BCUT2D eigenvalue weighted by molar-refractivity contribution is 9.11. The molecule has 0 unspecified atom stereocenters. The number of carboxylic acids is 1. The minimum absolute atomic E-state index is 0.00685. The quantitative estimate of drug-likeness (QED) is 0.810. The van der Waals surface area contributed by atoms with Crippen molar-refractivity contribution in [3.05, 3.63) is 59.1 Å². The summed E-state index contributed by atoms with van der Waals surface area (Å²) in [6, 6.07) is 11.3. The molecule has 0 radical (unpaired) electrons. The Morgan fingerprint density at radius 2 is 1.81 bits per heavy atom. The number of hydrogen-bond acceptors (Lipinski definition) is 3. The first-order valence-electron chi connectivity index (χ1n) is 5.62. The van der Waals surface area contributed by atoms with Crippen LogP contribution in [0.2, 0.25) is 5.02 Å². The summed E-state index contributed by atoms with van der Waals surface area (Å²) < 4.78 is 25.7. The van der Waals surface area contributed by atoms with Gasteiger partial charge in [-0.25, -0.2) is 13.2 Å². The molecule has 21 heavy (non-hydrogen) atoms. The molecule has 0 spiro atoms. The van der Waals surface area contributed by atoms with Gasteiger partial charge in [0.1, 0.15) is 0 Å². The molecule has 0 bridgehead atoms. The Morgan fingerprint density at radius 1 is 1.14 bits per heavy atom. The van der Waals surface area contributed by atoms with E-state index < -0.39 is 16.0 Å². The lowest BCUT2D eigenvalue weighted by Crippen LogP contribution is -2.21. The minimum Gasteiger partial charge on any atom is -0.478 e. The van der Waals surface area contributed by atoms with Gasteiger partial charge in [-0.05, 0) is 36.4 Å². The van der Waals surface area contributed by atoms with Gasteiger partial charge >= 0.3 is 5.97 Å². The lowest BCUT2D eigenvalue weighted by Gasteiger charge is -2.17. The van der Waals surface area contributed by atoms with Gasteiger partial charge in [0.05, 0.1) is 32.3 Å². The van der Waals surface area contributed by atoms with Gasteiger partial charge in [-0.15, -0.1) is 0 Å². The maximum absolute atomic E-state index is 12.4. The fourth-order valence-electron chi connectivity index (χ4n) is 1.61. The summed E-state index contributed by atoms with van der Waals surface area (Å²) in [7, 11) is -3.88. The summed E-state index contributed by atoms with van der Waals surface area (Å²) in [5.74, 6) is -1.14. The Balaban J connectivity index is 2.45. The van der Waals surface area contributed by atoms with Gasteiger partial charge in [-0.3, -0.25) is 0 Å². The van der Waals surface area contributed by atoms with E-state index >= 15 is 0 Å². The number of carboxylic acid groups (broad SMARTS) is 1. The van der Waals surface area contributed by atoms with Crippen LogP contribution in [0.4, 0.5) is 5.69 Å². The second kappa shape index (κ2) is 6.05. The van der Waals surface area contributed by atoms with Crippen molar-refractivity contribution in [2.24, 2.45) is 0 Å². The number of halogens is 2. The highest BCUT2D eigenvalue weighted by atomic mass is 79.9. The number of benzene rings is 2. The van der Waals surface area contributed by atoms with E-state index in [4.69, 9.17) is 16.7 Å². The van der Waals surface area contributed by atoms with Crippen molar-refractivity contribution in [3.63, 3.8) is 0 Å². The third-order valence-corrected chi connectivity index (χ3v) is 5.87. The van der Waals surface area contributed by atoms with E-state index in [1.54, 1.807) is 6.07 Å². The molecule has 110 valence electrons. The lowest BCUT2D eigenvalue weighted by atomic mass is 10.2. The van der Waals surface area contributed by atoms with Crippen LogP contribution in [0.15, 0.2) is 53.4 Å². The zero-order valence-electron chi connectivity index (χ0n) is 10.4. The van der Waals surface area contributed by atoms with Crippen molar-refractivity contribution >= 4 is 49.4 Å². The average molecular weight is 391 g/mol. The summed E-state index contributed by atoms with van der Waals surface area (Å²) in [5, 5.41) is 9.23. The molecule has 0 aliphatic carbocycles. The van der Waals surface area contributed by atoms with Crippen molar-refractivity contribution in [3.8, 4) is 0 Å². The lowest BCUT2D eigenvalue weighted by molar-refractivity contribution is 0.0697. The third kappa shape index (κ3) is 3.37. The van der Waals surface area contributed by atoms with Crippen LogP contribution < -0.4 is 3.33 Å². The Hall–Kier alpha value is -1.57. The van der Waals surface area contributed by atoms with E-state index in [0.717, 1.165) is 3.33 Å². The van der Waals surface area contributed by atoms with Crippen LogP contribution in [0.5, 0.6) is 0 Å². The first-order chi connectivity index (χ1) is 9.82. The summed E-state index contributed by atoms with van der Waals surface area (Å²) in [6.07, 6.45) is 0. The van der Waals surface area contributed by atoms with Gasteiger partial charge in [0.25, 0.3) is 10.0 Å². The van der Waals surface area contributed by atoms with E-state index in [2.05, 4.69) is 16.1 Å². The SMILES string of the molecule is O=C(O)c1cccc(N(Br)S(=O)(=O)c2cccc(Cl)c2)c1. The van der Waals surface area contributed by atoms with Gasteiger partial charge in [0.15, 0.2) is 0 Å². The first-order valence-corrected chi connectivity index (χ1v) is 8.15. The van der Waals surface area contributed by atoms with E-state index in [-0.39, 0.29) is 21.2 Å². The zero-order chi connectivity index (χ0) is 15.6. The molecule has 5 nitrogen and oxygen atoms in total. The Labute approximate surface area is 135 Å². The number of rotatable bonds is 4. The smallest absolute Gasteiger partial charge is 0.335 e.